The highest BCUT2D eigenvalue weighted by Gasteiger charge is 2.13. The van der Waals surface area contributed by atoms with E-state index >= 15 is 0 Å². The fraction of sp³-hybridized carbons (Fsp3) is 0.182. The zero-order valence-electron chi connectivity index (χ0n) is 9.34. The Labute approximate surface area is 98.5 Å². The first-order valence-corrected chi connectivity index (χ1v) is 5.19. The number of benzene rings is 1. The lowest BCUT2D eigenvalue weighted by molar-refractivity contribution is 0.425. The van der Waals surface area contributed by atoms with Gasteiger partial charge >= 0.3 is 7.12 Å². The predicted molar refractivity (Wildman–Crippen MR) is 62.3 cm³/mol. The van der Waals surface area contributed by atoms with Crippen LogP contribution in [0.15, 0.2) is 30.6 Å². The molecule has 0 fully saturated rings. The number of nitrogens with zero attached hydrogens (tertiary/aromatic N) is 2. The zero-order valence-corrected chi connectivity index (χ0v) is 9.34. The van der Waals surface area contributed by atoms with E-state index < -0.39 is 12.9 Å². The lowest BCUT2D eigenvalue weighted by Crippen LogP contribution is -2.30. The molecule has 0 aliphatic heterocycles. The highest BCUT2D eigenvalue weighted by Crippen LogP contribution is 2.05. The zero-order chi connectivity index (χ0) is 12.4. The maximum atomic E-state index is 13.2. The predicted octanol–water partition coefficient (Wildman–Crippen LogP) is 0.0587. The van der Waals surface area contributed by atoms with Crippen LogP contribution in [0.4, 0.5) is 4.39 Å². The van der Waals surface area contributed by atoms with Crippen LogP contribution in [0.3, 0.4) is 0 Å². The number of halogens is 1. The van der Waals surface area contributed by atoms with Crippen molar-refractivity contribution in [2.45, 2.75) is 13.5 Å². The molecule has 1 heterocycles. The molecule has 88 valence electrons. The average molecular weight is 234 g/mol. The molecule has 0 spiro atoms. The normalized spacial score (nSPS) is 10.6. The minimum absolute atomic E-state index is 0.142. The van der Waals surface area contributed by atoms with E-state index in [0.717, 1.165) is 11.6 Å². The lowest BCUT2D eigenvalue weighted by atomic mass is 9.79. The van der Waals surface area contributed by atoms with Gasteiger partial charge < -0.3 is 10.0 Å². The summed E-state index contributed by atoms with van der Waals surface area (Å²) in [5.74, 6) is -0.491. The molecule has 0 saturated carbocycles. The van der Waals surface area contributed by atoms with E-state index in [-0.39, 0.29) is 5.46 Å². The molecule has 1 aromatic carbocycles. The number of aromatic nitrogens is 2. The third kappa shape index (κ3) is 2.92. The first-order valence-electron chi connectivity index (χ1n) is 5.19. The summed E-state index contributed by atoms with van der Waals surface area (Å²) in [5, 5.41) is 22.1. The molecule has 0 saturated heterocycles. The first-order chi connectivity index (χ1) is 8.04. The van der Waals surface area contributed by atoms with Crippen LogP contribution in [-0.4, -0.2) is 26.9 Å². The summed E-state index contributed by atoms with van der Waals surface area (Å²) in [7, 11) is -1.66. The standard InChI is InChI=1S/C11H12BFN2O2/c1-8-5-14-15(6-8)7-9-2-10(12(16)17)4-11(13)3-9/h2-6,16-17H,7H2,1H3. The average Bonchev–Trinajstić information content (AvgIpc) is 2.63. The third-order valence-electron chi connectivity index (χ3n) is 2.38. The van der Waals surface area contributed by atoms with Gasteiger partial charge in [-0.25, -0.2) is 4.39 Å². The Balaban J connectivity index is 2.26. The quantitative estimate of drug-likeness (QED) is 0.738. The fourth-order valence-electron chi connectivity index (χ4n) is 1.66. The Morgan fingerprint density at radius 1 is 1.35 bits per heavy atom. The molecule has 0 aliphatic rings. The molecule has 2 aromatic rings. The maximum absolute atomic E-state index is 13.2. The van der Waals surface area contributed by atoms with Crippen molar-refractivity contribution in [1.29, 1.82) is 0 Å². The molecule has 17 heavy (non-hydrogen) atoms. The molecule has 1 aromatic heterocycles. The third-order valence-corrected chi connectivity index (χ3v) is 2.38. The Hall–Kier alpha value is -1.66. The molecule has 0 amide bonds. The minimum Gasteiger partial charge on any atom is -0.423 e. The van der Waals surface area contributed by atoms with Crippen molar-refractivity contribution < 1.29 is 14.4 Å². The second-order valence-corrected chi connectivity index (χ2v) is 3.98. The largest absolute Gasteiger partial charge is 0.488 e. The van der Waals surface area contributed by atoms with Crippen LogP contribution in [0.2, 0.25) is 0 Å². The molecule has 6 heteroatoms. The molecule has 0 atom stereocenters. The van der Waals surface area contributed by atoms with Crippen LogP contribution >= 0.6 is 0 Å². The molecule has 0 aliphatic carbocycles. The van der Waals surface area contributed by atoms with E-state index in [1.165, 1.54) is 6.07 Å². The van der Waals surface area contributed by atoms with Gasteiger partial charge in [0.15, 0.2) is 0 Å². The molecule has 0 bridgehead atoms. The first kappa shape index (κ1) is 11.8. The van der Waals surface area contributed by atoms with Gasteiger partial charge in [0, 0.05) is 6.20 Å². The van der Waals surface area contributed by atoms with Crippen molar-refractivity contribution in [1.82, 2.24) is 9.78 Å². The number of hydrogen-bond donors (Lipinski definition) is 2. The van der Waals surface area contributed by atoms with Crippen molar-refractivity contribution in [3.63, 3.8) is 0 Å². The van der Waals surface area contributed by atoms with Crippen LogP contribution in [0.5, 0.6) is 0 Å². The van der Waals surface area contributed by atoms with Crippen molar-refractivity contribution in [2.24, 2.45) is 0 Å². The second-order valence-electron chi connectivity index (χ2n) is 3.98. The van der Waals surface area contributed by atoms with Crippen LogP contribution in [-0.2, 0) is 6.54 Å². The summed E-state index contributed by atoms with van der Waals surface area (Å²) in [5.41, 5.74) is 1.80. The highest BCUT2D eigenvalue weighted by molar-refractivity contribution is 6.58. The number of aryl methyl sites for hydroxylation is 1. The Kier molecular flexibility index (Phi) is 3.26. The highest BCUT2D eigenvalue weighted by atomic mass is 19.1. The van der Waals surface area contributed by atoms with Gasteiger partial charge in [0.2, 0.25) is 0 Å². The molecule has 2 N–H and O–H groups in total. The van der Waals surface area contributed by atoms with E-state index in [4.69, 9.17) is 10.0 Å². The fourth-order valence-corrected chi connectivity index (χ4v) is 1.66. The van der Waals surface area contributed by atoms with Gasteiger partial charge in [0.1, 0.15) is 5.82 Å². The van der Waals surface area contributed by atoms with Gasteiger partial charge in [-0.15, -0.1) is 0 Å². The van der Waals surface area contributed by atoms with Crippen LogP contribution in [0, 0.1) is 12.7 Å². The molecular formula is C11H12BFN2O2. The Morgan fingerprint density at radius 2 is 2.12 bits per heavy atom. The van der Waals surface area contributed by atoms with Gasteiger partial charge in [-0.2, -0.15) is 5.10 Å². The smallest absolute Gasteiger partial charge is 0.423 e. The monoisotopic (exact) mass is 234 g/mol. The van der Waals surface area contributed by atoms with E-state index in [1.54, 1.807) is 16.9 Å². The summed E-state index contributed by atoms with van der Waals surface area (Å²) < 4.78 is 14.9. The van der Waals surface area contributed by atoms with Crippen LogP contribution in [0.1, 0.15) is 11.1 Å². The number of hydrogen-bond acceptors (Lipinski definition) is 3. The Bertz CT molecular complexity index is 528. The summed E-state index contributed by atoms with van der Waals surface area (Å²) in [6, 6.07) is 4.00. The van der Waals surface area contributed by atoms with Crippen LogP contribution in [0.25, 0.3) is 0 Å². The minimum atomic E-state index is -1.66. The summed E-state index contributed by atoms with van der Waals surface area (Å²) >= 11 is 0. The van der Waals surface area contributed by atoms with E-state index in [1.807, 2.05) is 13.1 Å². The van der Waals surface area contributed by atoms with Crippen molar-refractivity contribution in [3.05, 3.63) is 47.5 Å². The second kappa shape index (κ2) is 4.69. The topological polar surface area (TPSA) is 58.3 Å². The lowest BCUT2D eigenvalue weighted by Gasteiger charge is -2.06. The molecule has 0 radical (unpaired) electrons. The summed E-state index contributed by atoms with van der Waals surface area (Å²) in [4.78, 5) is 0. The maximum Gasteiger partial charge on any atom is 0.488 e. The number of rotatable bonds is 3. The van der Waals surface area contributed by atoms with Gasteiger partial charge in [0.05, 0.1) is 12.7 Å². The van der Waals surface area contributed by atoms with Crippen LogP contribution < -0.4 is 5.46 Å². The van der Waals surface area contributed by atoms with Crippen molar-refractivity contribution in [2.75, 3.05) is 0 Å². The SMILES string of the molecule is Cc1cnn(Cc2cc(F)cc(B(O)O)c2)c1. The van der Waals surface area contributed by atoms with E-state index in [2.05, 4.69) is 5.10 Å². The van der Waals surface area contributed by atoms with Gasteiger partial charge in [-0.3, -0.25) is 4.68 Å². The summed E-state index contributed by atoms with van der Waals surface area (Å²) in [6.07, 6.45) is 3.54. The molecule has 4 nitrogen and oxygen atoms in total. The van der Waals surface area contributed by atoms with E-state index in [9.17, 15) is 4.39 Å². The molecule has 2 rings (SSSR count). The van der Waals surface area contributed by atoms with Crippen molar-refractivity contribution >= 4 is 12.6 Å². The van der Waals surface area contributed by atoms with E-state index in [0.29, 0.717) is 12.1 Å². The molecule has 0 unspecified atom stereocenters. The molecular weight excluding hydrogens is 222 g/mol. The van der Waals surface area contributed by atoms with Gasteiger partial charge in [-0.1, -0.05) is 6.07 Å². The van der Waals surface area contributed by atoms with Gasteiger partial charge in [0.25, 0.3) is 0 Å². The van der Waals surface area contributed by atoms with Crippen molar-refractivity contribution in [3.8, 4) is 0 Å². The van der Waals surface area contributed by atoms with Gasteiger partial charge in [-0.05, 0) is 35.6 Å². The summed E-state index contributed by atoms with van der Waals surface area (Å²) in [6.45, 7) is 2.31. The Morgan fingerprint density at radius 3 is 2.71 bits per heavy atom.